The zero-order valence-corrected chi connectivity index (χ0v) is 7.67. The maximum absolute atomic E-state index is 5.65. The van der Waals surface area contributed by atoms with Crippen LogP contribution in [-0.4, -0.2) is 18.6 Å². The van der Waals surface area contributed by atoms with E-state index in [4.69, 9.17) is 5.73 Å². The summed E-state index contributed by atoms with van der Waals surface area (Å²) in [6, 6.07) is 3.60. The Bertz CT molecular complexity index is 322. The van der Waals surface area contributed by atoms with Crippen LogP contribution in [0.15, 0.2) is 18.3 Å². The van der Waals surface area contributed by atoms with Crippen LogP contribution in [0.1, 0.15) is 12.1 Å². The summed E-state index contributed by atoms with van der Waals surface area (Å²) in [6.45, 7) is 0.889. The first-order valence-electron chi connectivity index (χ1n) is 4.18. The summed E-state index contributed by atoms with van der Waals surface area (Å²) in [6.07, 6.45) is 2.50. The molecule has 0 unspecified atom stereocenters. The van der Waals surface area contributed by atoms with E-state index < -0.39 is 0 Å². The molecule has 1 aromatic heterocycles. The highest BCUT2D eigenvalue weighted by atomic mass is 14.8. The van der Waals surface area contributed by atoms with Gasteiger partial charge in [-0.3, -0.25) is 0 Å². The molecule has 0 fully saturated rings. The smallest absolute Gasteiger partial charge is 0.136 e. The lowest BCUT2D eigenvalue weighted by Gasteiger charge is -1.93. The van der Waals surface area contributed by atoms with Gasteiger partial charge in [0.2, 0.25) is 0 Å². The van der Waals surface area contributed by atoms with Gasteiger partial charge in [-0.15, -0.1) is 0 Å². The van der Waals surface area contributed by atoms with Crippen molar-refractivity contribution in [2.75, 3.05) is 19.3 Å². The Balaban J connectivity index is 2.61. The van der Waals surface area contributed by atoms with Crippen LogP contribution in [-0.2, 0) is 0 Å². The number of hydrogen-bond donors (Lipinski definition) is 2. The first-order chi connectivity index (χ1) is 6.34. The van der Waals surface area contributed by atoms with E-state index in [0.29, 0.717) is 11.4 Å². The van der Waals surface area contributed by atoms with Crippen LogP contribution in [0.25, 0.3) is 0 Å². The third-order valence-corrected chi connectivity index (χ3v) is 1.55. The van der Waals surface area contributed by atoms with Crippen molar-refractivity contribution >= 4 is 5.69 Å². The molecule has 3 heteroatoms. The second-order valence-electron chi connectivity index (χ2n) is 2.60. The van der Waals surface area contributed by atoms with Crippen LogP contribution in [0.5, 0.6) is 0 Å². The van der Waals surface area contributed by atoms with Crippen molar-refractivity contribution < 1.29 is 0 Å². The fourth-order valence-corrected chi connectivity index (χ4v) is 0.856. The third kappa shape index (κ3) is 3.14. The fourth-order valence-electron chi connectivity index (χ4n) is 0.856. The summed E-state index contributed by atoms with van der Waals surface area (Å²) >= 11 is 0. The maximum Gasteiger partial charge on any atom is 0.136 e. The normalized spacial score (nSPS) is 9.00. The number of nitrogens with zero attached hydrogens (tertiary/aromatic N) is 1. The molecule has 0 radical (unpaired) electrons. The predicted molar refractivity (Wildman–Crippen MR) is 54.1 cm³/mol. The quantitative estimate of drug-likeness (QED) is 0.512. The highest BCUT2D eigenvalue weighted by Crippen LogP contribution is 2.03. The van der Waals surface area contributed by atoms with Gasteiger partial charge in [-0.2, -0.15) is 0 Å². The standard InChI is InChI=1S/C10H13N3/c1-12-7-3-2-6-10-9(11)5-4-8-13-10/h4-5,8,12H,3,7,11H2,1H3. The number of pyridine rings is 1. The molecule has 0 aliphatic carbocycles. The van der Waals surface area contributed by atoms with E-state index in [1.807, 2.05) is 7.05 Å². The molecule has 3 N–H and O–H groups in total. The van der Waals surface area contributed by atoms with Crippen molar-refractivity contribution in [2.45, 2.75) is 6.42 Å². The molecule has 1 aromatic rings. The summed E-state index contributed by atoms with van der Waals surface area (Å²) in [7, 11) is 1.90. The van der Waals surface area contributed by atoms with E-state index in [2.05, 4.69) is 22.1 Å². The van der Waals surface area contributed by atoms with Crippen molar-refractivity contribution in [2.24, 2.45) is 0 Å². The molecule has 1 heterocycles. The summed E-state index contributed by atoms with van der Waals surface area (Å²) in [5, 5.41) is 3.01. The lowest BCUT2D eigenvalue weighted by atomic mass is 10.3. The largest absolute Gasteiger partial charge is 0.396 e. The number of nitrogen functional groups attached to an aromatic ring is 1. The number of anilines is 1. The molecule has 0 aromatic carbocycles. The number of rotatable bonds is 2. The van der Waals surface area contributed by atoms with Gasteiger partial charge < -0.3 is 11.1 Å². The molecule has 3 nitrogen and oxygen atoms in total. The predicted octanol–water partition coefficient (Wildman–Crippen LogP) is 0.625. The van der Waals surface area contributed by atoms with Crippen LogP contribution in [0.2, 0.25) is 0 Å². The van der Waals surface area contributed by atoms with Crippen molar-refractivity contribution in [1.82, 2.24) is 10.3 Å². The van der Waals surface area contributed by atoms with Crippen molar-refractivity contribution in [3.63, 3.8) is 0 Å². The van der Waals surface area contributed by atoms with Crippen LogP contribution < -0.4 is 11.1 Å². The molecule has 0 aliphatic heterocycles. The van der Waals surface area contributed by atoms with Gasteiger partial charge in [-0.1, -0.05) is 5.92 Å². The number of nitrogens with two attached hydrogens (primary N) is 1. The third-order valence-electron chi connectivity index (χ3n) is 1.55. The Morgan fingerprint density at radius 2 is 2.46 bits per heavy atom. The monoisotopic (exact) mass is 175 g/mol. The molecule has 0 saturated heterocycles. The van der Waals surface area contributed by atoms with Gasteiger partial charge in [0.15, 0.2) is 0 Å². The Morgan fingerprint density at radius 1 is 1.62 bits per heavy atom. The number of nitrogens with one attached hydrogen (secondary N) is 1. The van der Waals surface area contributed by atoms with Gasteiger partial charge in [0, 0.05) is 19.2 Å². The molecular formula is C10H13N3. The first-order valence-corrected chi connectivity index (χ1v) is 4.18. The minimum Gasteiger partial charge on any atom is -0.396 e. The summed E-state index contributed by atoms with van der Waals surface area (Å²) in [4.78, 5) is 4.06. The van der Waals surface area contributed by atoms with Gasteiger partial charge in [0.05, 0.1) is 5.69 Å². The van der Waals surface area contributed by atoms with E-state index in [-0.39, 0.29) is 0 Å². The molecule has 0 atom stereocenters. The van der Waals surface area contributed by atoms with Gasteiger partial charge in [-0.05, 0) is 25.1 Å². The Labute approximate surface area is 78.4 Å². The molecular weight excluding hydrogens is 162 g/mol. The number of aromatic nitrogens is 1. The fraction of sp³-hybridized carbons (Fsp3) is 0.300. The molecule has 68 valence electrons. The Morgan fingerprint density at radius 3 is 3.15 bits per heavy atom. The van der Waals surface area contributed by atoms with Crippen LogP contribution in [0.4, 0.5) is 5.69 Å². The van der Waals surface area contributed by atoms with Crippen molar-refractivity contribution in [1.29, 1.82) is 0 Å². The van der Waals surface area contributed by atoms with Crippen LogP contribution >= 0.6 is 0 Å². The van der Waals surface area contributed by atoms with Gasteiger partial charge in [0.25, 0.3) is 0 Å². The Hall–Kier alpha value is -1.53. The summed E-state index contributed by atoms with van der Waals surface area (Å²) in [5.41, 5.74) is 6.96. The van der Waals surface area contributed by atoms with Crippen molar-refractivity contribution in [3.05, 3.63) is 24.0 Å². The van der Waals surface area contributed by atoms with E-state index in [1.54, 1.807) is 18.3 Å². The minimum absolute atomic E-state index is 0.638. The second-order valence-corrected chi connectivity index (χ2v) is 2.60. The van der Waals surface area contributed by atoms with Gasteiger partial charge in [-0.25, -0.2) is 4.98 Å². The molecule has 0 aliphatic rings. The lowest BCUT2D eigenvalue weighted by molar-refractivity contribution is 0.818. The van der Waals surface area contributed by atoms with Gasteiger partial charge >= 0.3 is 0 Å². The molecule has 0 saturated carbocycles. The van der Waals surface area contributed by atoms with Crippen LogP contribution in [0.3, 0.4) is 0 Å². The van der Waals surface area contributed by atoms with Crippen LogP contribution in [0, 0.1) is 11.8 Å². The SMILES string of the molecule is CNCCC#Cc1ncccc1N. The van der Waals surface area contributed by atoms with Gasteiger partial charge in [0.1, 0.15) is 5.69 Å². The first kappa shape index (κ1) is 9.56. The van der Waals surface area contributed by atoms with E-state index in [1.165, 1.54) is 0 Å². The minimum atomic E-state index is 0.638. The molecule has 0 bridgehead atoms. The summed E-state index contributed by atoms with van der Waals surface area (Å²) < 4.78 is 0. The average Bonchev–Trinajstić information content (AvgIpc) is 2.15. The number of hydrogen-bond acceptors (Lipinski definition) is 3. The molecule has 1 rings (SSSR count). The maximum atomic E-state index is 5.65. The zero-order valence-electron chi connectivity index (χ0n) is 7.67. The summed E-state index contributed by atoms with van der Waals surface area (Å²) in [5.74, 6) is 5.91. The van der Waals surface area contributed by atoms with E-state index in [0.717, 1.165) is 13.0 Å². The Kier molecular flexibility index (Phi) is 3.80. The molecule has 13 heavy (non-hydrogen) atoms. The van der Waals surface area contributed by atoms with E-state index in [9.17, 15) is 0 Å². The molecule has 0 amide bonds. The zero-order chi connectivity index (χ0) is 9.52. The van der Waals surface area contributed by atoms with E-state index >= 15 is 0 Å². The highest BCUT2D eigenvalue weighted by molar-refractivity contribution is 5.50. The average molecular weight is 175 g/mol. The second kappa shape index (κ2) is 5.18. The highest BCUT2D eigenvalue weighted by Gasteiger charge is 1.91. The lowest BCUT2D eigenvalue weighted by Crippen LogP contribution is -2.06. The topological polar surface area (TPSA) is 50.9 Å². The van der Waals surface area contributed by atoms with Crippen molar-refractivity contribution in [3.8, 4) is 11.8 Å². The molecule has 0 spiro atoms.